The number of hydrogen-bond acceptors (Lipinski definition) is 4. The van der Waals surface area contributed by atoms with Gasteiger partial charge in [-0.3, -0.25) is 4.79 Å². The topological polar surface area (TPSA) is 66.9 Å². The third-order valence-corrected chi connectivity index (χ3v) is 5.29. The minimum Gasteiger partial charge on any atom is -0.350 e. The largest absolute Gasteiger partial charge is 0.350 e. The molecule has 0 saturated carbocycles. The van der Waals surface area contributed by atoms with Gasteiger partial charge in [-0.05, 0) is 67.8 Å². The number of hydrogen-bond donors (Lipinski definition) is 2. The number of carbonyl (C=O) groups is 1. The molecule has 4 rings (SSSR count). The molecule has 0 fully saturated rings. The Kier molecular flexibility index (Phi) is 7.05. The van der Waals surface area contributed by atoms with Crippen LogP contribution in [0.2, 0.25) is 0 Å². The van der Waals surface area contributed by atoms with E-state index in [0.717, 1.165) is 24.1 Å². The van der Waals surface area contributed by atoms with E-state index >= 15 is 0 Å². The van der Waals surface area contributed by atoms with E-state index in [4.69, 9.17) is 0 Å². The van der Waals surface area contributed by atoms with Gasteiger partial charge in [-0.2, -0.15) is 0 Å². The highest BCUT2D eigenvalue weighted by atomic mass is 19.1. The van der Waals surface area contributed by atoms with E-state index in [-0.39, 0.29) is 17.8 Å². The van der Waals surface area contributed by atoms with E-state index in [0.29, 0.717) is 17.1 Å². The Morgan fingerprint density at radius 1 is 0.939 bits per heavy atom. The Labute approximate surface area is 192 Å². The highest BCUT2D eigenvalue weighted by Gasteiger charge is 2.11. The summed E-state index contributed by atoms with van der Waals surface area (Å²) >= 11 is 0. The van der Waals surface area contributed by atoms with Crippen LogP contribution < -0.4 is 10.6 Å². The lowest BCUT2D eigenvalue weighted by Crippen LogP contribution is -2.32. The zero-order chi connectivity index (χ0) is 23.0. The predicted molar refractivity (Wildman–Crippen MR) is 129 cm³/mol. The molecule has 1 heterocycles. The molecule has 4 aromatic rings. The van der Waals surface area contributed by atoms with Crippen LogP contribution in [0.3, 0.4) is 0 Å². The summed E-state index contributed by atoms with van der Waals surface area (Å²) < 4.78 is 13.2. The number of aryl methyl sites for hydroxylation is 1. The number of nitrogens with one attached hydrogen (secondary N) is 2. The molecule has 0 radical (unpaired) electrons. The van der Waals surface area contributed by atoms with Crippen molar-refractivity contribution in [3.05, 3.63) is 108 Å². The van der Waals surface area contributed by atoms with Crippen LogP contribution in [0.5, 0.6) is 0 Å². The van der Waals surface area contributed by atoms with E-state index in [2.05, 4.69) is 32.7 Å². The summed E-state index contributed by atoms with van der Waals surface area (Å²) in [7, 11) is 0. The van der Waals surface area contributed by atoms with Crippen LogP contribution in [-0.4, -0.2) is 21.9 Å². The average molecular weight is 441 g/mol. The Balaban J connectivity index is 1.39. The molecule has 2 N–H and O–H groups in total. The summed E-state index contributed by atoms with van der Waals surface area (Å²) in [5.41, 5.74) is 4.03. The molecular weight excluding hydrogens is 415 g/mol. The fourth-order valence-corrected chi connectivity index (χ4v) is 3.50. The van der Waals surface area contributed by atoms with Crippen molar-refractivity contribution in [2.75, 3.05) is 5.32 Å². The summed E-state index contributed by atoms with van der Waals surface area (Å²) in [5, 5.41) is 6.29. The van der Waals surface area contributed by atoms with Crippen LogP contribution in [0.25, 0.3) is 11.3 Å². The highest BCUT2D eigenvalue weighted by Crippen LogP contribution is 2.22. The van der Waals surface area contributed by atoms with Gasteiger partial charge in [0.25, 0.3) is 5.91 Å². The van der Waals surface area contributed by atoms with Crippen molar-refractivity contribution in [3.8, 4) is 11.3 Å². The molecule has 0 spiro atoms. The first-order valence-electron chi connectivity index (χ1n) is 10.9. The maximum Gasteiger partial charge on any atom is 0.251 e. The average Bonchev–Trinajstić information content (AvgIpc) is 2.84. The van der Waals surface area contributed by atoms with Crippen molar-refractivity contribution in [1.29, 1.82) is 0 Å². The normalized spacial score (nSPS) is 11.6. The van der Waals surface area contributed by atoms with Gasteiger partial charge >= 0.3 is 0 Å². The number of halogens is 1. The quantitative estimate of drug-likeness (QED) is 0.365. The van der Waals surface area contributed by atoms with Gasteiger partial charge < -0.3 is 10.6 Å². The van der Waals surface area contributed by atoms with Gasteiger partial charge in [-0.1, -0.05) is 36.4 Å². The molecule has 5 nitrogen and oxygen atoms in total. The van der Waals surface area contributed by atoms with Crippen LogP contribution in [0.15, 0.2) is 91.3 Å². The molecule has 6 heteroatoms. The first kappa shape index (κ1) is 22.1. The van der Waals surface area contributed by atoms with Gasteiger partial charge in [-0.25, -0.2) is 14.4 Å². The molecule has 33 heavy (non-hydrogen) atoms. The molecule has 0 aliphatic carbocycles. The molecule has 1 aromatic heterocycles. The predicted octanol–water partition coefficient (Wildman–Crippen LogP) is 5.78. The molecule has 1 atom stereocenters. The smallest absolute Gasteiger partial charge is 0.251 e. The number of rotatable bonds is 8. The Hall–Kier alpha value is -4.06. The monoisotopic (exact) mass is 440 g/mol. The van der Waals surface area contributed by atoms with Crippen molar-refractivity contribution in [3.63, 3.8) is 0 Å². The number of nitrogens with zero attached hydrogens (tertiary/aromatic N) is 2. The van der Waals surface area contributed by atoms with Crippen molar-refractivity contribution < 1.29 is 9.18 Å². The van der Waals surface area contributed by atoms with E-state index < -0.39 is 0 Å². The summed E-state index contributed by atoms with van der Waals surface area (Å²) in [6.45, 7) is 2.01. The maximum atomic E-state index is 13.2. The fraction of sp³-hybridized carbons (Fsp3) is 0.148. The highest BCUT2D eigenvalue weighted by molar-refractivity contribution is 5.95. The van der Waals surface area contributed by atoms with Crippen LogP contribution >= 0.6 is 0 Å². The van der Waals surface area contributed by atoms with Crippen LogP contribution in [0.1, 0.15) is 29.3 Å². The standard InChI is InChI=1S/C27H25FN4O/c1-19(10-11-20-6-3-2-4-7-20)31-27(33)22-8-5-9-24(16-22)32-26-17-25(29-18-30-26)21-12-14-23(28)15-13-21/h2-9,12-19H,10-11H2,1H3,(H,31,33)(H,29,30,32)/t19-/m1/s1. The first-order chi connectivity index (χ1) is 16.1. The van der Waals surface area contributed by atoms with Gasteiger partial charge in [0.1, 0.15) is 18.0 Å². The third-order valence-electron chi connectivity index (χ3n) is 5.29. The van der Waals surface area contributed by atoms with E-state index in [9.17, 15) is 9.18 Å². The Morgan fingerprint density at radius 3 is 2.52 bits per heavy atom. The van der Waals surface area contributed by atoms with E-state index in [1.165, 1.54) is 24.0 Å². The molecule has 1 amide bonds. The third kappa shape index (κ3) is 6.23. The second-order valence-corrected chi connectivity index (χ2v) is 7.90. The molecule has 3 aromatic carbocycles. The lowest BCUT2D eigenvalue weighted by Gasteiger charge is -2.15. The maximum absolute atomic E-state index is 13.2. The van der Waals surface area contributed by atoms with Gasteiger partial charge in [0.15, 0.2) is 0 Å². The second-order valence-electron chi connectivity index (χ2n) is 7.90. The summed E-state index contributed by atoms with van der Waals surface area (Å²) in [4.78, 5) is 21.3. The Bertz CT molecular complexity index is 1210. The van der Waals surface area contributed by atoms with Gasteiger partial charge in [0, 0.05) is 28.9 Å². The molecular formula is C27H25FN4O. The van der Waals surface area contributed by atoms with E-state index in [1.54, 1.807) is 30.3 Å². The molecule has 0 bridgehead atoms. The number of aromatic nitrogens is 2. The van der Waals surface area contributed by atoms with Gasteiger partial charge in [0.2, 0.25) is 0 Å². The van der Waals surface area contributed by atoms with E-state index in [1.807, 2.05) is 37.3 Å². The van der Waals surface area contributed by atoms with Crippen LogP contribution in [0.4, 0.5) is 15.9 Å². The number of benzene rings is 3. The molecule has 0 unspecified atom stereocenters. The van der Waals surface area contributed by atoms with Gasteiger partial charge in [-0.15, -0.1) is 0 Å². The Morgan fingerprint density at radius 2 is 1.73 bits per heavy atom. The van der Waals surface area contributed by atoms with Crippen LogP contribution in [0, 0.1) is 5.82 Å². The number of anilines is 2. The zero-order valence-corrected chi connectivity index (χ0v) is 18.3. The number of carbonyl (C=O) groups excluding carboxylic acids is 1. The minimum atomic E-state index is -0.296. The molecule has 0 aliphatic rings. The summed E-state index contributed by atoms with van der Waals surface area (Å²) in [5.74, 6) is 0.169. The fourth-order valence-electron chi connectivity index (χ4n) is 3.50. The second kappa shape index (κ2) is 10.5. The lowest BCUT2D eigenvalue weighted by atomic mass is 10.1. The van der Waals surface area contributed by atoms with Crippen molar-refractivity contribution >= 4 is 17.4 Å². The summed E-state index contributed by atoms with van der Waals surface area (Å²) in [6.07, 6.45) is 3.22. The van der Waals surface area contributed by atoms with Crippen molar-refractivity contribution in [2.45, 2.75) is 25.8 Å². The molecule has 0 saturated heterocycles. The SMILES string of the molecule is C[C@H](CCc1ccccc1)NC(=O)c1cccc(Nc2cc(-c3ccc(F)cc3)ncn2)c1. The van der Waals surface area contributed by atoms with Gasteiger partial charge in [0.05, 0.1) is 5.69 Å². The van der Waals surface area contributed by atoms with Crippen molar-refractivity contribution in [2.24, 2.45) is 0 Å². The summed E-state index contributed by atoms with van der Waals surface area (Å²) in [6, 6.07) is 25.5. The zero-order valence-electron chi connectivity index (χ0n) is 18.3. The van der Waals surface area contributed by atoms with Crippen LogP contribution in [-0.2, 0) is 6.42 Å². The minimum absolute atomic E-state index is 0.0504. The van der Waals surface area contributed by atoms with Crippen molar-refractivity contribution in [1.82, 2.24) is 15.3 Å². The number of amides is 1. The first-order valence-corrected chi connectivity index (χ1v) is 10.9. The lowest BCUT2D eigenvalue weighted by molar-refractivity contribution is 0.0938. The molecule has 166 valence electrons. The molecule has 0 aliphatic heterocycles.